The summed E-state index contributed by atoms with van der Waals surface area (Å²) in [6, 6.07) is 4.03. The second-order valence-electron chi connectivity index (χ2n) is 4.03. The summed E-state index contributed by atoms with van der Waals surface area (Å²) in [6.45, 7) is 5.49. The molecule has 0 saturated carbocycles. The fourth-order valence-electron chi connectivity index (χ4n) is 1.54. The average Bonchev–Trinajstić information content (AvgIpc) is 2.42. The van der Waals surface area contributed by atoms with Crippen molar-refractivity contribution >= 4 is 0 Å². The Bertz CT molecular complexity index is 334. The van der Waals surface area contributed by atoms with Crippen LogP contribution in [0, 0.1) is 0 Å². The summed E-state index contributed by atoms with van der Waals surface area (Å²) in [7, 11) is 0. The number of ether oxygens (including phenoxy) is 1. The molecule has 3 nitrogen and oxygen atoms in total. The highest BCUT2D eigenvalue weighted by Gasteiger charge is 2.32. The quantitative estimate of drug-likeness (QED) is 0.703. The second kappa shape index (κ2) is 2.70. The van der Waals surface area contributed by atoms with Crippen molar-refractivity contribution in [3.05, 3.63) is 23.4 Å². The molecule has 0 aromatic carbocycles. The van der Waals surface area contributed by atoms with Crippen LogP contribution in [-0.4, -0.2) is 11.6 Å². The Morgan fingerprint density at radius 3 is 3.00 bits per heavy atom. The van der Waals surface area contributed by atoms with Crippen molar-refractivity contribution in [1.29, 1.82) is 0 Å². The maximum atomic E-state index is 5.49. The SMILES string of the molecule is CC1(C)COc2nc(CN)ccc21. The number of nitrogens with two attached hydrogens (primary N) is 1. The molecular weight excluding hydrogens is 164 g/mol. The van der Waals surface area contributed by atoms with Crippen LogP contribution in [0.15, 0.2) is 12.1 Å². The highest BCUT2D eigenvalue weighted by Crippen LogP contribution is 2.36. The minimum atomic E-state index is 0.0927. The molecule has 0 unspecified atom stereocenters. The fraction of sp³-hybridized carbons (Fsp3) is 0.500. The molecule has 70 valence electrons. The Morgan fingerprint density at radius 1 is 1.54 bits per heavy atom. The number of fused-ring (bicyclic) bond motifs is 1. The zero-order valence-corrected chi connectivity index (χ0v) is 8.00. The van der Waals surface area contributed by atoms with E-state index in [9.17, 15) is 0 Å². The molecule has 1 aromatic rings. The first-order valence-corrected chi connectivity index (χ1v) is 4.47. The van der Waals surface area contributed by atoms with Gasteiger partial charge in [-0.1, -0.05) is 19.9 Å². The molecule has 2 rings (SSSR count). The summed E-state index contributed by atoms with van der Waals surface area (Å²) < 4.78 is 5.49. The van der Waals surface area contributed by atoms with Gasteiger partial charge in [0, 0.05) is 17.5 Å². The van der Waals surface area contributed by atoms with Crippen molar-refractivity contribution in [3.63, 3.8) is 0 Å². The van der Waals surface area contributed by atoms with Crippen molar-refractivity contribution < 1.29 is 4.74 Å². The normalized spacial score (nSPS) is 18.1. The van der Waals surface area contributed by atoms with E-state index in [0.717, 1.165) is 11.6 Å². The number of nitrogens with zero attached hydrogens (tertiary/aromatic N) is 1. The first-order valence-electron chi connectivity index (χ1n) is 4.47. The van der Waals surface area contributed by atoms with Gasteiger partial charge in [0.1, 0.15) is 0 Å². The van der Waals surface area contributed by atoms with Crippen LogP contribution in [0.4, 0.5) is 0 Å². The third-order valence-electron chi connectivity index (χ3n) is 2.43. The first-order chi connectivity index (χ1) is 6.13. The molecule has 1 aliphatic heterocycles. The van der Waals surface area contributed by atoms with Crippen LogP contribution < -0.4 is 10.5 Å². The van der Waals surface area contributed by atoms with Crippen molar-refractivity contribution in [2.75, 3.05) is 6.61 Å². The lowest BCUT2D eigenvalue weighted by Gasteiger charge is -2.14. The van der Waals surface area contributed by atoms with Crippen molar-refractivity contribution in [2.45, 2.75) is 25.8 Å². The minimum Gasteiger partial charge on any atom is -0.477 e. The van der Waals surface area contributed by atoms with E-state index in [1.165, 1.54) is 5.56 Å². The van der Waals surface area contributed by atoms with E-state index < -0.39 is 0 Å². The standard InChI is InChI=1S/C10H14N2O/c1-10(2)6-13-9-8(10)4-3-7(5-11)12-9/h3-4H,5-6,11H2,1-2H3. The largest absolute Gasteiger partial charge is 0.477 e. The van der Waals surface area contributed by atoms with E-state index in [2.05, 4.69) is 24.9 Å². The van der Waals surface area contributed by atoms with Gasteiger partial charge in [-0.05, 0) is 6.07 Å². The summed E-state index contributed by atoms with van der Waals surface area (Å²) in [5, 5.41) is 0. The second-order valence-corrected chi connectivity index (χ2v) is 4.03. The van der Waals surface area contributed by atoms with Crippen LogP contribution in [0.5, 0.6) is 5.88 Å². The lowest BCUT2D eigenvalue weighted by molar-refractivity contribution is 0.283. The molecule has 0 radical (unpaired) electrons. The predicted octanol–water partition coefficient (Wildman–Crippen LogP) is 1.21. The van der Waals surface area contributed by atoms with E-state index in [0.29, 0.717) is 13.2 Å². The third-order valence-corrected chi connectivity index (χ3v) is 2.43. The molecule has 3 heteroatoms. The van der Waals surface area contributed by atoms with E-state index in [4.69, 9.17) is 10.5 Å². The summed E-state index contributed by atoms with van der Waals surface area (Å²) in [5.74, 6) is 0.757. The van der Waals surface area contributed by atoms with Crippen LogP contribution in [0.25, 0.3) is 0 Å². The monoisotopic (exact) mass is 178 g/mol. The average molecular weight is 178 g/mol. The Kier molecular flexibility index (Phi) is 1.77. The van der Waals surface area contributed by atoms with E-state index in [-0.39, 0.29) is 5.41 Å². The number of rotatable bonds is 1. The Labute approximate surface area is 77.9 Å². The van der Waals surface area contributed by atoms with Crippen LogP contribution in [-0.2, 0) is 12.0 Å². The van der Waals surface area contributed by atoms with Crippen molar-refractivity contribution in [3.8, 4) is 5.88 Å². The number of hydrogen-bond donors (Lipinski definition) is 1. The van der Waals surface area contributed by atoms with Gasteiger partial charge in [-0.15, -0.1) is 0 Å². The van der Waals surface area contributed by atoms with Crippen LogP contribution in [0.3, 0.4) is 0 Å². The van der Waals surface area contributed by atoms with E-state index in [1.807, 2.05) is 6.07 Å². The smallest absolute Gasteiger partial charge is 0.217 e. The zero-order chi connectivity index (χ0) is 9.47. The molecule has 0 fully saturated rings. The lowest BCUT2D eigenvalue weighted by atomic mass is 9.88. The van der Waals surface area contributed by atoms with Gasteiger partial charge < -0.3 is 10.5 Å². The summed E-state index contributed by atoms with van der Waals surface area (Å²) in [5.41, 5.74) is 7.66. The third kappa shape index (κ3) is 1.29. The number of aromatic nitrogens is 1. The molecule has 0 amide bonds. The molecule has 13 heavy (non-hydrogen) atoms. The molecule has 1 aromatic heterocycles. The molecule has 0 bridgehead atoms. The van der Waals surface area contributed by atoms with Gasteiger partial charge in [0.15, 0.2) is 0 Å². The van der Waals surface area contributed by atoms with E-state index in [1.54, 1.807) is 0 Å². The summed E-state index contributed by atoms with van der Waals surface area (Å²) in [6.07, 6.45) is 0. The van der Waals surface area contributed by atoms with Gasteiger partial charge in [-0.3, -0.25) is 0 Å². The van der Waals surface area contributed by atoms with Gasteiger partial charge in [-0.2, -0.15) is 0 Å². The van der Waals surface area contributed by atoms with Gasteiger partial charge in [0.2, 0.25) is 5.88 Å². The first kappa shape index (κ1) is 8.51. The fourth-order valence-corrected chi connectivity index (χ4v) is 1.54. The number of pyridine rings is 1. The highest BCUT2D eigenvalue weighted by molar-refractivity contribution is 5.38. The molecular formula is C10H14N2O. The van der Waals surface area contributed by atoms with Gasteiger partial charge >= 0.3 is 0 Å². The van der Waals surface area contributed by atoms with Crippen molar-refractivity contribution in [2.24, 2.45) is 5.73 Å². The summed E-state index contributed by atoms with van der Waals surface area (Å²) >= 11 is 0. The van der Waals surface area contributed by atoms with Gasteiger partial charge in [-0.25, -0.2) is 4.98 Å². The molecule has 2 N–H and O–H groups in total. The van der Waals surface area contributed by atoms with Gasteiger partial charge in [0.05, 0.1) is 12.3 Å². The highest BCUT2D eigenvalue weighted by atomic mass is 16.5. The molecule has 0 saturated heterocycles. The maximum Gasteiger partial charge on any atom is 0.217 e. The Morgan fingerprint density at radius 2 is 2.31 bits per heavy atom. The van der Waals surface area contributed by atoms with Crippen LogP contribution in [0.1, 0.15) is 25.1 Å². The lowest BCUT2D eigenvalue weighted by Crippen LogP contribution is -2.18. The van der Waals surface area contributed by atoms with Crippen LogP contribution >= 0.6 is 0 Å². The number of hydrogen-bond acceptors (Lipinski definition) is 3. The molecule has 0 atom stereocenters. The minimum absolute atomic E-state index is 0.0927. The topological polar surface area (TPSA) is 48.1 Å². The molecule has 0 aliphatic carbocycles. The van der Waals surface area contributed by atoms with Crippen molar-refractivity contribution in [1.82, 2.24) is 4.98 Å². The molecule has 0 spiro atoms. The predicted molar refractivity (Wildman–Crippen MR) is 50.6 cm³/mol. The zero-order valence-electron chi connectivity index (χ0n) is 8.00. The Balaban J connectivity index is 2.46. The van der Waals surface area contributed by atoms with Gasteiger partial charge in [0.25, 0.3) is 0 Å². The molecule has 2 heterocycles. The summed E-state index contributed by atoms with van der Waals surface area (Å²) in [4.78, 5) is 4.32. The maximum absolute atomic E-state index is 5.49. The molecule has 1 aliphatic rings. The van der Waals surface area contributed by atoms with E-state index >= 15 is 0 Å². The Hall–Kier alpha value is -1.09. The van der Waals surface area contributed by atoms with Crippen LogP contribution in [0.2, 0.25) is 0 Å².